The third-order valence-electron chi connectivity index (χ3n) is 3.75. The number of hydrogen-bond acceptors (Lipinski definition) is 4. The van der Waals surface area contributed by atoms with Crippen molar-refractivity contribution in [3.05, 3.63) is 66.1 Å². The molecule has 114 valence electrons. The van der Waals surface area contributed by atoms with Gasteiger partial charge in [-0.25, -0.2) is 9.50 Å². The third-order valence-corrected chi connectivity index (χ3v) is 3.75. The highest BCUT2D eigenvalue weighted by Crippen LogP contribution is 2.18. The van der Waals surface area contributed by atoms with Crippen molar-refractivity contribution in [1.29, 1.82) is 0 Å². The van der Waals surface area contributed by atoms with E-state index in [1.807, 2.05) is 48.1 Å². The highest BCUT2D eigenvalue weighted by Gasteiger charge is 2.08. The predicted octanol–water partition coefficient (Wildman–Crippen LogP) is 3.27. The normalized spacial score (nSPS) is 11.2. The molecule has 0 spiro atoms. The topological polar surface area (TPSA) is 52.3 Å². The smallest absolute Gasteiger partial charge is 0.231 e. The molecule has 0 unspecified atom stereocenters. The van der Waals surface area contributed by atoms with E-state index >= 15 is 0 Å². The number of hydrogen-bond donors (Lipinski definition) is 0. The van der Waals surface area contributed by atoms with Crippen molar-refractivity contribution in [3.63, 3.8) is 0 Å². The second kappa shape index (κ2) is 5.68. The molecule has 0 aliphatic heterocycles. The largest absolute Gasteiger partial charge is 0.477 e. The second-order valence-corrected chi connectivity index (χ2v) is 5.33. The molecule has 0 N–H and O–H groups in total. The van der Waals surface area contributed by atoms with Crippen LogP contribution >= 0.6 is 0 Å². The van der Waals surface area contributed by atoms with Gasteiger partial charge < -0.3 is 4.74 Å². The quantitative estimate of drug-likeness (QED) is 0.580. The van der Waals surface area contributed by atoms with Gasteiger partial charge in [0.1, 0.15) is 0 Å². The van der Waals surface area contributed by atoms with Crippen LogP contribution in [0, 0.1) is 0 Å². The molecule has 0 radical (unpaired) electrons. The molecular weight excluding hydrogens is 288 g/mol. The van der Waals surface area contributed by atoms with Crippen molar-refractivity contribution >= 4 is 16.6 Å². The molecule has 0 saturated heterocycles. The molecule has 0 fully saturated rings. The van der Waals surface area contributed by atoms with Gasteiger partial charge in [-0.1, -0.05) is 12.1 Å². The number of aromatic nitrogens is 4. The molecular formula is C18H16N4O. The molecule has 0 aliphatic rings. The van der Waals surface area contributed by atoms with Crippen LogP contribution < -0.4 is 4.74 Å². The molecule has 1 aromatic carbocycles. The highest BCUT2D eigenvalue weighted by molar-refractivity contribution is 5.79. The van der Waals surface area contributed by atoms with Gasteiger partial charge in [0.05, 0.1) is 24.0 Å². The first-order valence-electron chi connectivity index (χ1n) is 7.63. The predicted molar refractivity (Wildman–Crippen MR) is 88.7 cm³/mol. The maximum absolute atomic E-state index is 5.48. The molecule has 4 aromatic rings. The molecule has 0 aliphatic carbocycles. The lowest BCUT2D eigenvalue weighted by Crippen LogP contribution is -2.02. The minimum atomic E-state index is 0.597. The van der Waals surface area contributed by atoms with E-state index in [4.69, 9.17) is 4.74 Å². The summed E-state index contributed by atoms with van der Waals surface area (Å²) in [6.45, 7) is 2.55. The Morgan fingerprint density at radius 3 is 2.96 bits per heavy atom. The summed E-state index contributed by atoms with van der Waals surface area (Å²) in [6, 6.07) is 14.1. The van der Waals surface area contributed by atoms with E-state index in [0.29, 0.717) is 12.5 Å². The molecule has 0 atom stereocenters. The average Bonchev–Trinajstić information content (AvgIpc) is 2.97. The summed E-state index contributed by atoms with van der Waals surface area (Å²) in [4.78, 5) is 8.77. The number of imidazole rings is 1. The van der Waals surface area contributed by atoms with Crippen LogP contribution in [0.15, 0.2) is 54.9 Å². The maximum atomic E-state index is 5.48. The van der Waals surface area contributed by atoms with Crippen LogP contribution in [0.1, 0.15) is 18.2 Å². The Bertz CT molecular complexity index is 977. The van der Waals surface area contributed by atoms with E-state index in [1.165, 1.54) is 5.56 Å². The Labute approximate surface area is 133 Å². The summed E-state index contributed by atoms with van der Waals surface area (Å²) in [6.07, 6.45) is 4.44. The zero-order valence-corrected chi connectivity index (χ0v) is 12.8. The monoisotopic (exact) mass is 304 g/mol. The summed E-state index contributed by atoms with van der Waals surface area (Å²) >= 11 is 0. The standard InChI is InChI=1S/C18H16N4O/c1-2-23-18-8-7-17-20-12-15(22(17)21-18)11-13-5-6-16-14(10-13)4-3-9-19-16/h3-10,12H,2,11H2,1H3. The van der Waals surface area contributed by atoms with Crippen molar-refractivity contribution in [2.24, 2.45) is 0 Å². The zero-order chi connectivity index (χ0) is 15.6. The summed E-state index contributed by atoms with van der Waals surface area (Å²) in [5.41, 5.74) is 4.07. The van der Waals surface area contributed by atoms with Crippen molar-refractivity contribution in [2.45, 2.75) is 13.3 Å². The molecule has 3 aromatic heterocycles. The van der Waals surface area contributed by atoms with Crippen LogP contribution in [0.4, 0.5) is 0 Å². The number of benzene rings is 1. The fraction of sp³-hybridized carbons (Fsp3) is 0.167. The van der Waals surface area contributed by atoms with E-state index in [-0.39, 0.29) is 0 Å². The van der Waals surface area contributed by atoms with Crippen LogP contribution in [0.25, 0.3) is 16.6 Å². The highest BCUT2D eigenvalue weighted by atomic mass is 16.5. The van der Waals surface area contributed by atoms with Crippen molar-refractivity contribution in [3.8, 4) is 5.88 Å². The van der Waals surface area contributed by atoms with Gasteiger partial charge in [0.15, 0.2) is 5.65 Å². The van der Waals surface area contributed by atoms with Gasteiger partial charge in [-0.05, 0) is 36.8 Å². The van der Waals surface area contributed by atoms with Crippen molar-refractivity contribution < 1.29 is 4.74 Å². The Morgan fingerprint density at radius 2 is 2.04 bits per heavy atom. The zero-order valence-electron chi connectivity index (χ0n) is 12.8. The van der Waals surface area contributed by atoms with Gasteiger partial charge in [0.25, 0.3) is 0 Å². The minimum absolute atomic E-state index is 0.597. The lowest BCUT2D eigenvalue weighted by molar-refractivity contribution is 0.321. The summed E-state index contributed by atoms with van der Waals surface area (Å²) in [5, 5.41) is 5.64. The van der Waals surface area contributed by atoms with Gasteiger partial charge >= 0.3 is 0 Å². The molecule has 5 heteroatoms. The molecule has 0 bridgehead atoms. The summed E-state index contributed by atoms with van der Waals surface area (Å²) in [5.74, 6) is 0.613. The molecule has 23 heavy (non-hydrogen) atoms. The first kappa shape index (κ1) is 13.7. The first-order valence-corrected chi connectivity index (χ1v) is 7.63. The lowest BCUT2D eigenvalue weighted by Gasteiger charge is -2.05. The van der Waals surface area contributed by atoms with Gasteiger partial charge in [0.2, 0.25) is 5.88 Å². The molecule has 4 rings (SSSR count). The van der Waals surface area contributed by atoms with Crippen LogP contribution in [-0.2, 0) is 6.42 Å². The first-order chi connectivity index (χ1) is 11.3. The third kappa shape index (κ3) is 2.61. The van der Waals surface area contributed by atoms with E-state index in [1.54, 1.807) is 0 Å². The Kier molecular flexibility index (Phi) is 3.38. The van der Waals surface area contributed by atoms with Crippen molar-refractivity contribution in [1.82, 2.24) is 19.6 Å². The van der Waals surface area contributed by atoms with E-state index < -0.39 is 0 Å². The van der Waals surface area contributed by atoms with E-state index in [2.05, 4.69) is 33.3 Å². The van der Waals surface area contributed by atoms with Crippen LogP contribution in [-0.4, -0.2) is 26.2 Å². The number of nitrogens with zero attached hydrogens (tertiary/aromatic N) is 4. The number of pyridine rings is 1. The molecule has 3 heterocycles. The fourth-order valence-electron chi connectivity index (χ4n) is 2.69. The fourth-order valence-corrected chi connectivity index (χ4v) is 2.69. The number of rotatable bonds is 4. The van der Waals surface area contributed by atoms with Crippen LogP contribution in [0.2, 0.25) is 0 Å². The van der Waals surface area contributed by atoms with Gasteiger partial charge in [0, 0.05) is 24.1 Å². The second-order valence-electron chi connectivity index (χ2n) is 5.33. The van der Waals surface area contributed by atoms with Gasteiger partial charge in [-0.3, -0.25) is 4.98 Å². The molecule has 0 saturated carbocycles. The summed E-state index contributed by atoms with van der Waals surface area (Å²) in [7, 11) is 0. The van der Waals surface area contributed by atoms with E-state index in [0.717, 1.165) is 28.7 Å². The summed E-state index contributed by atoms with van der Waals surface area (Å²) < 4.78 is 7.32. The van der Waals surface area contributed by atoms with Crippen molar-refractivity contribution in [2.75, 3.05) is 6.61 Å². The van der Waals surface area contributed by atoms with Crippen LogP contribution in [0.5, 0.6) is 5.88 Å². The Hall–Kier alpha value is -2.95. The van der Waals surface area contributed by atoms with Gasteiger partial charge in [-0.15, -0.1) is 5.10 Å². The number of ether oxygens (including phenoxy) is 1. The molecule has 5 nitrogen and oxygen atoms in total. The Balaban J connectivity index is 1.71. The Morgan fingerprint density at radius 1 is 1.09 bits per heavy atom. The molecule has 0 amide bonds. The van der Waals surface area contributed by atoms with Crippen LogP contribution in [0.3, 0.4) is 0 Å². The maximum Gasteiger partial charge on any atom is 0.231 e. The number of fused-ring (bicyclic) bond motifs is 2. The van der Waals surface area contributed by atoms with E-state index in [9.17, 15) is 0 Å². The average molecular weight is 304 g/mol. The minimum Gasteiger partial charge on any atom is -0.477 e. The lowest BCUT2D eigenvalue weighted by atomic mass is 10.1. The SMILES string of the molecule is CCOc1ccc2ncc(Cc3ccc4ncccc4c3)n2n1. The van der Waals surface area contributed by atoms with Gasteiger partial charge in [-0.2, -0.15) is 0 Å².